The van der Waals surface area contributed by atoms with Crippen LogP contribution in [-0.4, -0.2) is 37.2 Å². The van der Waals surface area contributed by atoms with E-state index < -0.39 is 12.1 Å². The van der Waals surface area contributed by atoms with E-state index in [0.717, 1.165) is 17.7 Å². The number of nitrogens with zero attached hydrogens (tertiary/aromatic N) is 1. The van der Waals surface area contributed by atoms with Crippen molar-refractivity contribution in [1.82, 2.24) is 4.90 Å². The first-order valence-electron chi connectivity index (χ1n) is 11.0. The molecule has 10 heteroatoms. The molecule has 0 unspecified atom stereocenters. The van der Waals surface area contributed by atoms with Crippen LogP contribution in [0.1, 0.15) is 34.8 Å². The van der Waals surface area contributed by atoms with Gasteiger partial charge in [0.2, 0.25) is 6.41 Å². The molecule has 6 nitrogen and oxygen atoms in total. The quantitative estimate of drug-likeness (QED) is 0.303. The number of rotatable bonds is 10. The van der Waals surface area contributed by atoms with Crippen LogP contribution in [0.25, 0.3) is 0 Å². The fourth-order valence-electron chi connectivity index (χ4n) is 3.62. The molecule has 0 radical (unpaired) electrons. The van der Waals surface area contributed by atoms with Crippen molar-refractivity contribution in [3.8, 4) is 17.2 Å². The third kappa shape index (κ3) is 7.14. The Labute approximate surface area is 211 Å². The number of halogens is 4. The second-order valence-electron chi connectivity index (χ2n) is 7.88. The van der Waals surface area contributed by atoms with Crippen molar-refractivity contribution in [2.75, 3.05) is 18.9 Å². The number of carbonyl (C=O) groups excluding carboxylic acids is 2. The normalized spacial score (nSPS) is 11.1. The first kappa shape index (κ1) is 26.9. The van der Waals surface area contributed by atoms with Gasteiger partial charge in [0.25, 0.3) is 5.91 Å². The Balaban J connectivity index is 2.12. The van der Waals surface area contributed by atoms with E-state index in [1.807, 2.05) is 6.92 Å². The second-order valence-corrected chi connectivity index (χ2v) is 8.32. The lowest BCUT2D eigenvalue weighted by molar-refractivity contribution is -0.274. The Morgan fingerprint density at radius 1 is 1.08 bits per heavy atom. The summed E-state index contributed by atoms with van der Waals surface area (Å²) >= 11 is 6.01. The Hall–Kier alpha value is -3.72. The molecule has 190 valence electrons. The number of alkyl halides is 3. The second kappa shape index (κ2) is 11.8. The molecule has 0 saturated heterocycles. The number of hydrogen-bond donors (Lipinski definition) is 1. The summed E-state index contributed by atoms with van der Waals surface area (Å²) in [7, 11) is 1.65. The van der Waals surface area contributed by atoms with E-state index in [4.69, 9.17) is 16.3 Å². The fraction of sp³-hybridized carbons (Fsp3) is 0.231. The van der Waals surface area contributed by atoms with E-state index in [-0.39, 0.29) is 35.1 Å². The maximum atomic E-state index is 13.5. The van der Waals surface area contributed by atoms with Gasteiger partial charge >= 0.3 is 6.36 Å². The van der Waals surface area contributed by atoms with Crippen LogP contribution in [0.5, 0.6) is 17.2 Å². The van der Waals surface area contributed by atoms with Crippen LogP contribution in [0.2, 0.25) is 5.02 Å². The van der Waals surface area contributed by atoms with Gasteiger partial charge in [0.05, 0.1) is 11.3 Å². The van der Waals surface area contributed by atoms with Crippen LogP contribution >= 0.6 is 11.6 Å². The first-order chi connectivity index (χ1) is 17.1. The smallest absolute Gasteiger partial charge is 0.457 e. The zero-order chi connectivity index (χ0) is 26.3. The zero-order valence-corrected chi connectivity index (χ0v) is 20.3. The lowest BCUT2D eigenvalue weighted by Gasteiger charge is -2.23. The summed E-state index contributed by atoms with van der Waals surface area (Å²) in [6.07, 6.45) is -3.45. The van der Waals surface area contributed by atoms with Gasteiger partial charge in [-0.05, 0) is 48.4 Å². The lowest BCUT2D eigenvalue weighted by Crippen LogP contribution is -2.29. The summed E-state index contributed by atoms with van der Waals surface area (Å²) in [6, 6.07) is 15.1. The highest BCUT2D eigenvalue weighted by molar-refractivity contribution is 6.30. The van der Waals surface area contributed by atoms with E-state index in [1.165, 1.54) is 23.1 Å². The molecule has 36 heavy (non-hydrogen) atoms. The predicted octanol–water partition coefficient (Wildman–Crippen LogP) is 6.67. The molecule has 0 aromatic heterocycles. The number of anilines is 1. The molecule has 0 saturated carbocycles. The number of benzene rings is 3. The number of ether oxygens (including phenoxy) is 2. The van der Waals surface area contributed by atoms with Crippen molar-refractivity contribution in [3.05, 3.63) is 82.4 Å². The average molecular weight is 521 g/mol. The molecule has 3 aromatic carbocycles. The van der Waals surface area contributed by atoms with Crippen LogP contribution in [-0.2, 0) is 11.2 Å². The van der Waals surface area contributed by atoms with Crippen molar-refractivity contribution in [3.63, 3.8) is 0 Å². The Bertz CT molecular complexity index is 1220. The van der Waals surface area contributed by atoms with Crippen LogP contribution in [0.4, 0.5) is 18.9 Å². The van der Waals surface area contributed by atoms with Gasteiger partial charge in [-0.2, -0.15) is 0 Å². The summed E-state index contributed by atoms with van der Waals surface area (Å²) in [5.41, 5.74) is 1.74. The van der Waals surface area contributed by atoms with E-state index in [2.05, 4.69) is 10.1 Å². The maximum Gasteiger partial charge on any atom is 0.573 e. The minimum Gasteiger partial charge on any atom is -0.457 e. The summed E-state index contributed by atoms with van der Waals surface area (Å²) in [5, 5.41) is 3.10. The van der Waals surface area contributed by atoms with Crippen molar-refractivity contribution < 1.29 is 32.2 Å². The van der Waals surface area contributed by atoms with Crippen LogP contribution < -0.4 is 14.8 Å². The molecule has 1 N–H and O–H groups in total. The Morgan fingerprint density at radius 3 is 2.42 bits per heavy atom. The molecule has 0 bridgehead atoms. The lowest BCUT2D eigenvalue weighted by atomic mass is 9.96. The standard InChI is InChI=1S/C26H24ClF3N2O4/c1-3-13-32(2)25(34)24-21(14-17-7-9-18(27)10-8-17)23(12-11-22(24)31-16-33)35-19-5-4-6-20(15-19)36-26(28,29)30/h4-12,15-16H,3,13-14H2,1-2H3,(H,31,33). The molecule has 3 rings (SSSR count). The molecule has 0 aliphatic rings. The molecule has 2 amide bonds. The summed E-state index contributed by atoms with van der Waals surface area (Å²) in [4.78, 5) is 26.3. The Kier molecular flexibility index (Phi) is 8.82. The summed E-state index contributed by atoms with van der Waals surface area (Å²) in [5.74, 6) is -0.480. The molecular weight excluding hydrogens is 497 g/mol. The average Bonchev–Trinajstić information content (AvgIpc) is 2.81. The molecule has 0 fully saturated rings. The van der Waals surface area contributed by atoms with Gasteiger partial charge in [0.1, 0.15) is 17.2 Å². The van der Waals surface area contributed by atoms with Gasteiger partial charge in [0.15, 0.2) is 0 Å². The number of nitrogens with one attached hydrogen (secondary N) is 1. The fourth-order valence-corrected chi connectivity index (χ4v) is 3.75. The van der Waals surface area contributed by atoms with Crippen LogP contribution in [0.15, 0.2) is 60.7 Å². The highest BCUT2D eigenvalue weighted by atomic mass is 35.5. The van der Waals surface area contributed by atoms with Crippen molar-refractivity contribution in [2.24, 2.45) is 0 Å². The molecule has 0 heterocycles. The van der Waals surface area contributed by atoms with Gasteiger partial charge in [0, 0.05) is 36.7 Å². The predicted molar refractivity (Wildman–Crippen MR) is 131 cm³/mol. The SMILES string of the molecule is CCCN(C)C(=O)c1c(NC=O)ccc(Oc2cccc(OC(F)(F)F)c2)c1Cc1ccc(Cl)cc1. The maximum absolute atomic E-state index is 13.5. The van der Waals surface area contributed by atoms with Gasteiger partial charge in [-0.25, -0.2) is 0 Å². The number of hydrogen-bond acceptors (Lipinski definition) is 4. The van der Waals surface area contributed by atoms with Gasteiger partial charge in [-0.3, -0.25) is 9.59 Å². The van der Waals surface area contributed by atoms with Gasteiger partial charge in [-0.1, -0.05) is 36.7 Å². The van der Waals surface area contributed by atoms with E-state index >= 15 is 0 Å². The molecule has 0 atom stereocenters. The van der Waals surface area contributed by atoms with Crippen molar-refractivity contribution in [2.45, 2.75) is 26.1 Å². The monoisotopic (exact) mass is 520 g/mol. The van der Waals surface area contributed by atoms with E-state index in [1.54, 1.807) is 37.4 Å². The van der Waals surface area contributed by atoms with Gasteiger partial charge < -0.3 is 19.7 Å². The van der Waals surface area contributed by atoms with Gasteiger partial charge in [-0.15, -0.1) is 13.2 Å². The van der Waals surface area contributed by atoms with Crippen molar-refractivity contribution >= 4 is 29.6 Å². The number of amides is 2. The number of carbonyl (C=O) groups is 2. The van der Waals surface area contributed by atoms with Crippen LogP contribution in [0.3, 0.4) is 0 Å². The molecule has 0 aliphatic heterocycles. The highest BCUT2D eigenvalue weighted by Crippen LogP contribution is 2.36. The molecular formula is C26H24ClF3N2O4. The molecule has 0 spiro atoms. The topological polar surface area (TPSA) is 67.9 Å². The largest absolute Gasteiger partial charge is 0.573 e. The minimum atomic E-state index is -4.86. The summed E-state index contributed by atoms with van der Waals surface area (Å²) in [6.45, 7) is 2.40. The highest BCUT2D eigenvalue weighted by Gasteiger charge is 2.31. The molecule has 3 aromatic rings. The zero-order valence-electron chi connectivity index (χ0n) is 19.6. The van der Waals surface area contributed by atoms with Crippen LogP contribution in [0, 0.1) is 0 Å². The first-order valence-corrected chi connectivity index (χ1v) is 11.4. The minimum absolute atomic E-state index is 0.0746. The third-order valence-corrected chi connectivity index (χ3v) is 5.42. The summed E-state index contributed by atoms with van der Waals surface area (Å²) < 4.78 is 48.0. The van der Waals surface area contributed by atoms with E-state index in [9.17, 15) is 22.8 Å². The van der Waals surface area contributed by atoms with Crippen molar-refractivity contribution in [1.29, 1.82) is 0 Å². The van der Waals surface area contributed by atoms with E-state index in [0.29, 0.717) is 30.0 Å². The Morgan fingerprint density at radius 2 is 1.78 bits per heavy atom. The molecule has 0 aliphatic carbocycles. The third-order valence-electron chi connectivity index (χ3n) is 5.16.